The van der Waals surface area contributed by atoms with Crippen molar-refractivity contribution in [1.82, 2.24) is 5.43 Å². The molecule has 0 aliphatic heterocycles. The normalized spacial score (nSPS) is 9.00. The molecule has 13 heavy (non-hydrogen) atoms. The summed E-state index contributed by atoms with van der Waals surface area (Å²) >= 11 is 0. The number of nitrogens with one attached hydrogen (secondary N) is 2. The van der Waals surface area contributed by atoms with Gasteiger partial charge in [0.05, 0.1) is 12.8 Å². The molecule has 0 spiro atoms. The van der Waals surface area contributed by atoms with E-state index in [2.05, 4.69) is 10.9 Å². The van der Waals surface area contributed by atoms with Gasteiger partial charge in [0.25, 0.3) is 0 Å². The van der Waals surface area contributed by atoms with Crippen LogP contribution in [0.4, 0.5) is 10.5 Å². The summed E-state index contributed by atoms with van der Waals surface area (Å²) in [5.41, 5.74) is 10.4. The number of carbonyl (C=O) groups is 1. The number of ether oxygens (including phenoxy) is 1. The summed E-state index contributed by atoms with van der Waals surface area (Å²) in [4.78, 5) is 10.3. The third kappa shape index (κ3) is 2.90. The molecule has 0 aliphatic rings. The van der Waals surface area contributed by atoms with Gasteiger partial charge < -0.3 is 10.5 Å². The first kappa shape index (κ1) is 9.18. The van der Waals surface area contributed by atoms with E-state index in [4.69, 9.17) is 10.5 Å². The van der Waals surface area contributed by atoms with E-state index in [0.29, 0.717) is 11.4 Å². The summed E-state index contributed by atoms with van der Waals surface area (Å²) in [6.07, 6.45) is 0. The predicted octanol–water partition coefficient (Wildman–Crippen LogP) is 0.690. The molecule has 0 atom stereocenters. The third-order valence-corrected chi connectivity index (χ3v) is 1.40. The molecule has 0 heterocycles. The molecule has 0 radical (unpaired) electrons. The van der Waals surface area contributed by atoms with Crippen LogP contribution in [0.1, 0.15) is 0 Å². The molecular formula is C8H11N3O2. The smallest absolute Gasteiger partial charge is 0.330 e. The van der Waals surface area contributed by atoms with Crippen molar-refractivity contribution in [1.29, 1.82) is 0 Å². The van der Waals surface area contributed by atoms with Crippen LogP contribution >= 0.6 is 0 Å². The van der Waals surface area contributed by atoms with E-state index in [1.165, 1.54) is 0 Å². The molecule has 5 heteroatoms. The summed E-state index contributed by atoms with van der Waals surface area (Å²) < 4.78 is 4.98. The van der Waals surface area contributed by atoms with E-state index in [1.54, 1.807) is 31.4 Å². The second-order valence-electron chi connectivity index (χ2n) is 2.35. The monoisotopic (exact) mass is 181 g/mol. The summed E-state index contributed by atoms with van der Waals surface area (Å²) in [7, 11) is 1.57. The molecule has 2 amide bonds. The molecule has 70 valence electrons. The van der Waals surface area contributed by atoms with Crippen molar-refractivity contribution < 1.29 is 9.53 Å². The second kappa shape index (κ2) is 4.20. The largest absolute Gasteiger partial charge is 0.497 e. The fourth-order valence-electron chi connectivity index (χ4n) is 0.835. The minimum Gasteiger partial charge on any atom is -0.497 e. The van der Waals surface area contributed by atoms with Gasteiger partial charge in [-0.3, -0.25) is 10.9 Å². The molecule has 1 rings (SSSR count). The molecule has 4 N–H and O–H groups in total. The van der Waals surface area contributed by atoms with Crippen LogP contribution in [-0.4, -0.2) is 13.1 Å². The Labute approximate surface area is 75.8 Å². The number of urea groups is 1. The second-order valence-corrected chi connectivity index (χ2v) is 2.35. The molecule has 5 nitrogen and oxygen atoms in total. The van der Waals surface area contributed by atoms with E-state index < -0.39 is 6.03 Å². The van der Waals surface area contributed by atoms with Crippen molar-refractivity contribution in [3.8, 4) is 5.75 Å². The van der Waals surface area contributed by atoms with Gasteiger partial charge >= 0.3 is 6.03 Å². The Hall–Kier alpha value is -1.91. The third-order valence-electron chi connectivity index (χ3n) is 1.40. The molecule has 0 fully saturated rings. The molecular weight excluding hydrogens is 170 g/mol. The number of anilines is 1. The molecule has 1 aromatic rings. The maximum Gasteiger partial charge on any atom is 0.330 e. The number of methoxy groups -OCH3 is 1. The van der Waals surface area contributed by atoms with E-state index in [-0.39, 0.29) is 0 Å². The first-order chi connectivity index (χ1) is 6.22. The predicted molar refractivity (Wildman–Crippen MR) is 49.3 cm³/mol. The highest BCUT2D eigenvalue weighted by molar-refractivity contribution is 5.73. The fourth-order valence-corrected chi connectivity index (χ4v) is 0.835. The van der Waals surface area contributed by atoms with Crippen LogP contribution in [0.25, 0.3) is 0 Å². The number of benzene rings is 1. The average Bonchev–Trinajstić information content (AvgIpc) is 2.15. The van der Waals surface area contributed by atoms with E-state index in [1.807, 2.05) is 0 Å². The Bertz CT molecular complexity index is 301. The van der Waals surface area contributed by atoms with Gasteiger partial charge in [-0.15, -0.1) is 0 Å². The lowest BCUT2D eigenvalue weighted by Crippen LogP contribution is -2.34. The summed E-state index contributed by atoms with van der Waals surface area (Å²) in [5, 5.41) is 0. The van der Waals surface area contributed by atoms with Gasteiger partial charge in [-0.1, -0.05) is 6.07 Å². The van der Waals surface area contributed by atoms with Crippen molar-refractivity contribution in [2.75, 3.05) is 12.5 Å². The minimum absolute atomic E-state index is 0.636. The standard InChI is InChI=1S/C8H11N3O2/c1-13-7-4-2-3-6(5-7)10-11-8(9)12/h2-5,10H,1H3,(H3,9,11,12). The number of hydrogen-bond donors (Lipinski definition) is 3. The van der Waals surface area contributed by atoms with Crippen molar-refractivity contribution in [3.63, 3.8) is 0 Å². The molecule has 0 bridgehead atoms. The topological polar surface area (TPSA) is 76.4 Å². The Kier molecular flexibility index (Phi) is 2.97. The quantitative estimate of drug-likeness (QED) is 0.600. The zero-order valence-electron chi connectivity index (χ0n) is 7.20. The zero-order valence-corrected chi connectivity index (χ0v) is 7.20. The van der Waals surface area contributed by atoms with Crippen LogP contribution in [0.15, 0.2) is 24.3 Å². The maximum absolute atomic E-state index is 10.3. The number of nitrogens with two attached hydrogens (primary N) is 1. The number of hydrogen-bond acceptors (Lipinski definition) is 3. The number of hydrazine groups is 1. The van der Waals surface area contributed by atoms with Crippen LogP contribution < -0.4 is 21.3 Å². The highest BCUT2D eigenvalue weighted by atomic mass is 16.5. The van der Waals surface area contributed by atoms with Crippen LogP contribution in [0.2, 0.25) is 0 Å². The summed E-state index contributed by atoms with van der Waals surface area (Å²) in [6.45, 7) is 0. The Morgan fingerprint density at radius 3 is 2.92 bits per heavy atom. The van der Waals surface area contributed by atoms with Gasteiger partial charge in [0.1, 0.15) is 5.75 Å². The molecule has 0 saturated heterocycles. The molecule has 0 aliphatic carbocycles. The fraction of sp³-hybridized carbons (Fsp3) is 0.125. The highest BCUT2D eigenvalue weighted by Crippen LogP contribution is 2.15. The van der Waals surface area contributed by atoms with Crippen molar-refractivity contribution in [3.05, 3.63) is 24.3 Å². The number of amides is 2. The minimum atomic E-state index is -0.636. The lowest BCUT2D eigenvalue weighted by molar-refractivity contribution is 0.250. The van der Waals surface area contributed by atoms with Crippen molar-refractivity contribution in [2.24, 2.45) is 5.73 Å². The van der Waals surface area contributed by atoms with Crippen LogP contribution in [0.3, 0.4) is 0 Å². The number of primary amides is 1. The molecule has 0 saturated carbocycles. The maximum atomic E-state index is 10.3. The molecule has 0 aromatic heterocycles. The van der Waals surface area contributed by atoms with Crippen molar-refractivity contribution in [2.45, 2.75) is 0 Å². The lowest BCUT2D eigenvalue weighted by Gasteiger charge is -2.06. The summed E-state index contributed by atoms with van der Waals surface area (Å²) in [6, 6.07) is 6.47. The van der Waals surface area contributed by atoms with Crippen LogP contribution in [0, 0.1) is 0 Å². The van der Waals surface area contributed by atoms with Gasteiger partial charge in [0.2, 0.25) is 0 Å². The summed E-state index contributed by atoms with van der Waals surface area (Å²) in [5.74, 6) is 0.705. The Morgan fingerprint density at radius 2 is 2.31 bits per heavy atom. The Balaban J connectivity index is 2.61. The molecule has 0 unspecified atom stereocenters. The Morgan fingerprint density at radius 1 is 1.54 bits per heavy atom. The average molecular weight is 181 g/mol. The van der Waals surface area contributed by atoms with Gasteiger partial charge in [0, 0.05) is 6.07 Å². The van der Waals surface area contributed by atoms with Crippen LogP contribution in [-0.2, 0) is 0 Å². The van der Waals surface area contributed by atoms with Crippen LogP contribution in [0.5, 0.6) is 5.75 Å². The SMILES string of the molecule is COc1cccc(NNC(N)=O)c1. The van der Waals surface area contributed by atoms with Gasteiger partial charge in [-0.05, 0) is 12.1 Å². The number of rotatable bonds is 3. The lowest BCUT2D eigenvalue weighted by atomic mass is 10.3. The van der Waals surface area contributed by atoms with Gasteiger partial charge in [-0.2, -0.15) is 0 Å². The van der Waals surface area contributed by atoms with Gasteiger partial charge in [-0.25, -0.2) is 4.79 Å². The van der Waals surface area contributed by atoms with E-state index in [9.17, 15) is 4.79 Å². The number of carbonyl (C=O) groups excluding carboxylic acids is 1. The first-order valence-corrected chi connectivity index (χ1v) is 3.68. The van der Waals surface area contributed by atoms with E-state index >= 15 is 0 Å². The van der Waals surface area contributed by atoms with Gasteiger partial charge in [0.15, 0.2) is 0 Å². The zero-order chi connectivity index (χ0) is 9.68. The highest BCUT2D eigenvalue weighted by Gasteiger charge is 1.94. The first-order valence-electron chi connectivity index (χ1n) is 3.68. The van der Waals surface area contributed by atoms with Crippen molar-refractivity contribution >= 4 is 11.7 Å². The molecule has 1 aromatic carbocycles. The van der Waals surface area contributed by atoms with E-state index in [0.717, 1.165) is 0 Å².